The number of aromatic nitrogens is 1. The van der Waals surface area contributed by atoms with Gasteiger partial charge in [0.1, 0.15) is 17.2 Å². The fourth-order valence-electron chi connectivity index (χ4n) is 3.12. The molecule has 1 aromatic rings. The lowest BCUT2D eigenvalue weighted by molar-refractivity contribution is -0.385. The number of carboxylic acids is 2. The molecule has 0 saturated heterocycles. The van der Waals surface area contributed by atoms with E-state index in [1.54, 1.807) is 27.7 Å². The van der Waals surface area contributed by atoms with E-state index < -0.39 is 51.9 Å². The van der Waals surface area contributed by atoms with Crippen molar-refractivity contribution in [2.45, 2.75) is 64.5 Å². The van der Waals surface area contributed by atoms with Crippen molar-refractivity contribution >= 4 is 29.7 Å². The molecule has 0 bridgehead atoms. The highest BCUT2D eigenvalue weighted by molar-refractivity contribution is 5.94. The largest absolute Gasteiger partial charge is 0.481 e. The van der Waals surface area contributed by atoms with Gasteiger partial charge in [0.05, 0.1) is 23.3 Å². The fraction of sp³-hybridized carbons (Fsp3) is 0.571. The van der Waals surface area contributed by atoms with Crippen molar-refractivity contribution in [2.24, 2.45) is 5.92 Å². The van der Waals surface area contributed by atoms with E-state index in [-0.39, 0.29) is 30.8 Å². The summed E-state index contributed by atoms with van der Waals surface area (Å²) in [6.45, 7) is 7.73. The van der Waals surface area contributed by atoms with E-state index >= 15 is 0 Å². The maximum absolute atomic E-state index is 12.8. The molecule has 13 nitrogen and oxygen atoms in total. The molecule has 0 aromatic carbocycles. The molecule has 0 spiro atoms. The zero-order valence-electron chi connectivity index (χ0n) is 19.6. The second-order valence-electron chi connectivity index (χ2n) is 8.66. The second-order valence-corrected chi connectivity index (χ2v) is 8.66. The third kappa shape index (κ3) is 7.67. The summed E-state index contributed by atoms with van der Waals surface area (Å²) in [5.74, 6) is -6.18. The summed E-state index contributed by atoms with van der Waals surface area (Å²) in [6, 6.07) is 0.946. The van der Waals surface area contributed by atoms with Gasteiger partial charge in [-0.05, 0) is 53.5 Å². The highest BCUT2D eigenvalue weighted by atomic mass is 16.6. The van der Waals surface area contributed by atoms with Gasteiger partial charge in [0.2, 0.25) is 0 Å². The first-order chi connectivity index (χ1) is 15.6. The third-order valence-electron chi connectivity index (χ3n) is 4.84. The summed E-state index contributed by atoms with van der Waals surface area (Å²) in [5, 5.41) is 32.1. The van der Waals surface area contributed by atoms with Crippen LogP contribution >= 0.6 is 0 Å². The van der Waals surface area contributed by atoms with Crippen molar-refractivity contribution in [3.8, 4) is 0 Å². The quantitative estimate of drug-likeness (QED) is 0.181. The Hall–Kier alpha value is -3.77. The highest BCUT2D eigenvalue weighted by Crippen LogP contribution is 2.32. The number of alkyl carbamates (subject to hydrolysis) is 1. The van der Waals surface area contributed by atoms with Gasteiger partial charge in [-0.2, -0.15) is 0 Å². The van der Waals surface area contributed by atoms with Crippen LogP contribution in [0.1, 0.15) is 53.2 Å². The number of pyridine rings is 1. The molecule has 2 atom stereocenters. The molecular formula is C21H29N3O10. The number of amides is 1. The lowest BCUT2D eigenvalue weighted by Crippen LogP contribution is -2.49. The summed E-state index contributed by atoms with van der Waals surface area (Å²) in [6.07, 6.45) is -0.568. The van der Waals surface area contributed by atoms with Gasteiger partial charge in [-0.25, -0.2) is 4.79 Å². The number of nitro groups is 1. The summed E-state index contributed by atoms with van der Waals surface area (Å²) in [7, 11) is 0. The number of carboxylic acid groups (broad SMARTS) is 2. The first kappa shape index (κ1) is 28.3. The Kier molecular flexibility index (Phi) is 9.47. The number of hydrogen-bond donors (Lipinski definition) is 3. The maximum Gasteiger partial charge on any atom is 0.407 e. The third-order valence-corrected chi connectivity index (χ3v) is 4.84. The Balaban J connectivity index is 3.33. The molecule has 0 aliphatic heterocycles. The van der Waals surface area contributed by atoms with Gasteiger partial charge in [-0.3, -0.25) is 29.5 Å². The molecular weight excluding hydrogens is 454 g/mol. The summed E-state index contributed by atoms with van der Waals surface area (Å²) >= 11 is 0. The molecule has 34 heavy (non-hydrogen) atoms. The van der Waals surface area contributed by atoms with Crippen molar-refractivity contribution in [2.75, 3.05) is 6.61 Å². The smallest absolute Gasteiger partial charge is 0.407 e. The predicted molar refractivity (Wildman–Crippen MR) is 116 cm³/mol. The number of hydrogen-bond acceptors (Lipinski definition) is 9. The van der Waals surface area contributed by atoms with E-state index in [0.29, 0.717) is 0 Å². The van der Waals surface area contributed by atoms with E-state index in [1.807, 2.05) is 0 Å². The van der Waals surface area contributed by atoms with Gasteiger partial charge in [-0.15, -0.1) is 0 Å². The maximum atomic E-state index is 12.8. The number of rotatable bonds is 11. The number of carbonyl (C=O) groups is 4. The number of esters is 1. The van der Waals surface area contributed by atoms with Crippen LogP contribution in [0.5, 0.6) is 0 Å². The van der Waals surface area contributed by atoms with Gasteiger partial charge < -0.3 is 25.0 Å². The average Bonchev–Trinajstić information content (AvgIpc) is 2.70. The lowest BCUT2D eigenvalue weighted by Gasteiger charge is -2.30. The van der Waals surface area contributed by atoms with Gasteiger partial charge in [0.25, 0.3) is 5.69 Å². The first-order valence-corrected chi connectivity index (χ1v) is 10.4. The Bertz CT molecular complexity index is 912. The number of carbonyl (C=O) groups excluding carboxylic acids is 2. The van der Waals surface area contributed by atoms with E-state index in [4.69, 9.17) is 9.47 Å². The molecule has 0 saturated carbocycles. The van der Waals surface area contributed by atoms with Crippen LogP contribution < -0.4 is 5.32 Å². The van der Waals surface area contributed by atoms with Crippen LogP contribution in [0.25, 0.3) is 0 Å². The minimum Gasteiger partial charge on any atom is -0.481 e. The summed E-state index contributed by atoms with van der Waals surface area (Å²) in [5.41, 5.74) is -2.68. The van der Waals surface area contributed by atoms with Gasteiger partial charge >= 0.3 is 24.0 Å². The standard InChI is InChI=1S/C21H29N3O10/c1-6-33-18(29)21(5,14-8-7-12(11-22-14)24(31)32)10-9-13(15(16(25)26)17(27)28)23-19(30)34-20(2,3)4/h7-8,11,13,15H,6,9-10H2,1-5H3,(H,23,30)(H,25,26)(H,27,28)/t13-,21?/m0/s1. The van der Waals surface area contributed by atoms with Crippen molar-refractivity contribution in [1.29, 1.82) is 0 Å². The predicted octanol–water partition coefficient (Wildman–Crippen LogP) is 2.27. The number of nitrogens with one attached hydrogen (secondary N) is 1. The highest BCUT2D eigenvalue weighted by Gasteiger charge is 2.42. The van der Waals surface area contributed by atoms with Crippen LogP contribution in [0.3, 0.4) is 0 Å². The first-order valence-electron chi connectivity index (χ1n) is 10.4. The SMILES string of the molecule is CCOC(=O)C(C)(CC[C@H](NC(=O)OC(C)(C)C)C(C(=O)O)C(=O)O)c1ccc([N+](=O)[O-])cn1. The summed E-state index contributed by atoms with van der Waals surface area (Å²) in [4.78, 5) is 62.6. The minimum absolute atomic E-state index is 0.00781. The van der Waals surface area contributed by atoms with Crippen LogP contribution in [0.15, 0.2) is 18.3 Å². The molecule has 1 heterocycles. The molecule has 1 unspecified atom stereocenters. The van der Waals surface area contributed by atoms with E-state index in [0.717, 1.165) is 12.3 Å². The topological polar surface area (TPSA) is 195 Å². The average molecular weight is 483 g/mol. The van der Waals surface area contributed by atoms with Crippen molar-refractivity contribution < 1.29 is 43.8 Å². The Morgan fingerprint density at radius 1 is 1.15 bits per heavy atom. The summed E-state index contributed by atoms with van der Waals surface area (Å²) < 4.78 is 10.2. The fourth-order valence-corrected chi connectivity index (χ4v) is 3.12. The number of ether oxygens (including phenoxy) is 2. The Morgan fingerprint density at radius 2 is 1.74 bits per heavy atom. The molecule has 13 heteroatoms. The minimum atomic E-state index is -2.04. The van der Waals surface area contributed by atoms with Crippen molar-refractivity contribution in [1.82, 2.24) is 10.3 Å². The Labute approximate surface area is 195 Å². The zero-order chi connectivity index (χ0) is 26.3. The van der Waals surface area contributed by atoms with Crippen LogP contribution in [-0.4, -0.2) is 62.4 Å². The molecule has 1 amide bonds. The molecule has 0 aliphatic carbocycles. The van der Waals surface area contributed by atoms with Crippen LogP contribution in [0.2, 0.25) is 0 Å². The van der Waals surface area contributed by atoms with Crippen molar-refractivity contribution in [3.05, 3.63) is 34.1 Å². The van der Waals surface area contributed by atoms with E-state index in [1.165, 1.54) is 13.0 Å². The van der Waals surface area contributed by atoms with Crippen LogP contribution in [0.4, 0.5) is 10.5 Å². The van der Waals surface area contributed by atoms with E-state index in [2.05, 4.69) is 10.3 Å². The van der Waals surface area contributed by atoms with E-state index in [9.17, 15) is 39.5 Å². The molecule has 0 aliphatic rings. The second kappa shape index (κ2) is 11.4. The van der Waals surface area contributed by atoms with Gasteiger partial charge in [-0.1, -0.05) is 0 Å². The molecule has 1 aromatic heterocycles. The van der Waals surface area contributed by atoms with Gasteiger partial charge in [0, 0.05) is 6.07 Å². The molecule has 0 fully saturated rings. The normalized spacial score (nSPS) is 13.9. The van der Waals surface area contributed by atoms with Crippen LogP contribution in [-0.2, 0) is 29.3 Å². The number of aliphatic carboxylic acids is 2. The van der Waals surface area contributed by atoms with Gasteiger partial charge in [0.15, 0.2) is 5.92 Å². The molecule has 3 N–H and O–H groups in total. The Morgan fingerprint density at radius 3 is 2.15 bits per heavy atom. The zero-order valence-corrected chi connectivity index (χ0v) is 19.6. The molecule has 0 radical (unpaired) electrons. The molecule has 1 rings (SSSR count). The number of nitrogens with zero attached hydrogens (tertiary/aromatic N) is 2. The van der Waals surface area contributed by atoms with Crippen molar-refractivity contribution in [3.63, 3.8) is 0 Å². The molecule has 188 valence electrons. The monoisotopic (exact) mass is 483 g/mol. The van der Waals surface area contributed by atoms with Crippen LogP contribution in [0, 0.1) is 16.0 Å². The lowest BCUT2D eigenvalue weighted by atomic mass is 9.79.